The predicted octanol–water partition coefficient (Wildman–Crippen LogP) is 4.56. The third-order valence-electron chi connectivity index (χ3n) is 4.95. The molecule has 2 heterocycles. The summed E-state index contributed by atoms with van der Waals surface area (Å²) in [7, 11) is 0. The van der Waals surface area contributed by atoms with Crippen LogP contribution >= 0.6 is 11.3 Å². The van der Waals surface area contributed by atoms with Gasteiger partial charge in [-0.25, -0.2) is 14.5 Å². The van der Waals surface area contributed by atoms with Gasteiger partial charge < -0.3 is 15.4 Å². The third kappa shape index (κ3) is 5.68. The van der Waals surface area contributed by atoms with Crippen molar-refractivity contribution in [2.45, 2.75) is 20.4 Å². The molecule has 4 rings (SSSR count). The van der Waals surface area contributed by atoms with Crippen LogP contribution in [0.2, 0.25) is 0 Å². The van der Waals surface area contributed by atoms with Crippen molar-refractivity contribution in [3.63, 3.8) is 0 Å². The van der Waals surface area contributed by atoms with Crippen LogP contribution < -0.4 is 20.9 Å². The number of anilines is 1. The van der Waals surface area contributed by atoms with Gasteiger partial charge in [0.2, 0.25) is 0 Å². The Morgan fingerprint density at radius 1 is 1.06 bits per heavy atom. The van der Waals surface area contributed by atoms with E-state index in [1.807, 2.05) is 44.2 Å². The molecule has 0 fully saturated rings. The smallest absolute Gasteiger partial charge is 0.319 e. The summed E-state index contributed by atoms with van der Waals surface area (Å²) in [6, 6.07) is 19.9. The number of hydrogen-bond acceptors (Lipinski definition) is 6. The lowest BCUT2D eigenvalue weighted by atomic mass is 10.2. The summed E-state index contributed by atoms with van der Waals surface area (Å²) in [5, 5.41) is 10.9. The number of aromatic nitrogens is 3. The van der Waals surface area contributed by atoms with Crippen molar-refractivity contribution in [2.24, 2.45) is 0 Å². The van der Waals surface area contributed by atoms with Gasteiger partial charge in [0, 0.05) is 23.9 Å². The first-order valence-corrected chi connectivity index (χ1v) is 11.7. The van der Waals surface area contributed by atoms with E-state index in [0.717, 1.165) is 26.9 Å². The van der Waals surface area contributed by atoms with E-state index in [9.17, 15) is 9.59 Å². The van der Waals surface area contributed by atoms with E-state index in [0.29, 0.717) is 18.0 Å². The second kappa shape index (κ2) is 10.8. The number of aryl methyl sites for hydroxylation is 1. The van der Waals surface area contributed by atoms with Crippen molar-refractivity contribution in [1.29, 1.82) is 0 Å². The van der Waals surface area contributed by atoms with E-state index in [1.54, 1.807) is 30.3 Å². The zero-order chi connectivity index (χ0) is 23.9. The summed E-state index contributed by atoms with van der Waals surface area (Å²) in [5.74, 6) is 0.742. The number of rotatable bonds is 8. The number of nitrogens with zero attached hydrogens (tertiary/aromatic N) is 3. The molecule has 0 radical (unpaired) electrons. The summed E-state index contributed by atoms with van der Waals surface area (Å²) < 4.78 is 6.75. The van der Waals surface area contributed by atoms with Crippen LogP contribution in [0.4, 0.5) is 10.5 Å². The second-order valence-corrected chi connectivity index (χ2v) is 8.42. The molecule has 0 unspecified atom stereocenters. The topological polar surface area (TPSA) is 98.1 Å². The van der Waals surface area contributed by atoms with Gasteiger partial charge in [-0.2, -0.15) is 5.10 Å². The molecule has 0 aliphatic rings. The van der Waals surface area contributed by atoms with Crippen molar-refractivity contribution >= 4 is 23.1 Å². The fourth-order valence-electron chi connectivity index (χ4n) is 3.32. The number of nitrogens with one attached hydrogen (secondary N) is 2. The van der Waals surface area contributed by atoms with Crippen LogP contribution in [0.15, 0.2) is 71.5 Å². The molecule has 8 nitrogen and oxygen atoms in total. The van der Waals surface area contributed by atoms with Crippen LogP contribution in [-0.4, -0.2) is 33.9 Å². The van der Waals surface area contributed by atoms with E-state index >= 15 is 0 Å². The molecule has 2 aromatic carbocycles. The van der Waals surface area contributed by atoms with Crippen LogP contribution in [0.3, 0.4) is 0 Å². The van der Waals surface area contributed by atoms with E-state index in [-0.39, 0.29) is 24.7 Å². The summed E-state index contributed by atoms with van der Waals surface area (Å²) in [4.78, 5) is 30.1. The zero-order valence-electron chi connectivity index (χ0n) is 18.9. The molecule has 0 aliphatic heterocycles. The Labute approximate surface area is 201 Å². The fraction of sp³-hybridized carbons (Fsp3) is 0.200. The molecule has 0 spiro atoms. The SMILES string of the molecule is CCOc1ccc(NC(=O)NCCn2nc(-c3sc(-c4ccccc4)nc3C)ccc2=O)cc1. The number of thiazole rings is 1. The van der Waals surface area contributed by atoms with Gasteiger partial charge in [0.15, 0.2) is 0 Å². The highest BCUT2D eigenvalue weighted by atomic mass is 32.1. The molecule has 0 saturated heterocycles. The fourth-order valence-corrected chi connectivity index (χ4v) is 4.36. The maximum Gasteiger partial charge on any atom is 0.319 e. The first kappa shape index (κ1) is 23.2. The molecule has 0 aliphatic carbocycles. The van der Waals surface area contributed by atoms with Crippen LogP contribution in [0.5, 0.6) is 5.75 Å². The lowest BCUT2D eigenvalue weighted by Gasteiger charge is -2.10. The average Bonchev–Trinajstić information content (AvgIpc) is 3.24. The molecule has 4 aromatic rings. The highest BCUT2D eigenvalue weighted by molar-refractivity contribution is 7.18. The van der Waals surface area contributed by atoms with E-state index in [4.69, 9.17) is 4.74 Å². The molecule has 0 atom stereocenters. The van der Waals surface area contributed by atoms with Crippen molar-refractivity contribution in [1.82, 2.24) is 20.1 Å². The Balaban J connectivity index is 1.39. The van der Waals surface area contributed by atoms with Gasteiger partial charge in [-0.15, -0.1) is 11.3 Å². The second-order valence-electron chi connectivity index (χ2n) is 7.42. The largest absolute Gasteiger partial charge is 0.494 e. The van der Waals surface area contributed by atoms with Gasteiger partial charge in [0.05, 0.1) is 23.7 Å². The minimum atomic E-state index is -0.362. The normalized spacial score (nSPS) is 10.6. The first-order valence-electron chi connectivity index (χ1n) is 10.9. The number of carbonyl (C=O) groups is 1. The molecule has 2 N–H and O–H groups in total. The monoisotopic (exact) mass is 475 g/mol. The Bertz CT molecular complexity index is 1320. The number of benzene rings is 2. The maximum absolute atomic E-state index is 12.3. The number of urea groups is 1. The Kier molecular flexibility index (Phi) is 7.34. The van der Waals surface area contributed by atoms with Gasteiger partial charge in [-0.05, 0) is 44.2 Å². The first-order chi connectivity index (χ1) is 16.5. The minimum absolute atomic E-state index is 0.233. The van der Waals surface area contributed by atoms with Gasteiger partial charge in [0.1, 0.15) is 16.5 Å². The third-order valence-corrected chi connectivity index (χ3v) is 6.18. The molecule has 2 amide bonds. The summed E-state index contributed by atoms with van der Waals surface area (Å²) in [6.45, 7) is 4.92. The lowest BCUT2D eigenvalue weighted by Crippen LogP contribution is -2.34. The van der Waals surface area contributed by atoms with Gasteiger partial charge in [-0.1, -0.05) is 30.3 Å². The zero-order valence-corrected chi connectivity index (χ0v) is 19.8. The van der Waals surface area contributed by atoms with Crippen LogP contribution in [0.25, 0.3) is 21.1 Å². The summed E-state index contributed by atoms with van der Waals surface area (Å²) >= 11 is 1.54. The maximum atomic E-state index is 12.3. The molecule has 34 heavy (non-hydrogen) atoms. The van der Waals surface area contributed by atoms with Crippen molar-refractivity contribution in [2.75, 3.05) is 18.5 Å². The molecule has 9 heteroatoms. The van der Waals surface area contributed by atoms with Crippen LogP contribution in [0, 0.1) is 6.92 Å². The summed E-state index contributed by atoms with van der Waals surface area (Å²) in [6.07, 6.45) is 0. The van der Waals surface area contributed by atoms with E-state index < -0.39 is 0 Å². The number of carbonyl (C=O) groups excluding carboxylic acids is 1. The highest BCUT2D eigenvalue weighted by Crippen LogP contribution is 2.33. The van der Waals surface area contributed by atoms with Gasteiger partial charge in [0.25, 0.3) is 5.56 Å². The predicted molar refractivity (Wildman–Crippen MR) is 134 cm³/mol. The number of amides is 2. The molecule has 174 valence electrons. The molecule has 0 saturated carbocycles. The average molecular weight is 476 g/mol. The van der Waals surface area contributed by atoms with Crippen molar-refractivity contribution in [3.05, 3.63) is 82.8 Å². The van der Waals surface area contributed by atoms with Crippen LogP contribution in [0.1, 0.15) is 12.6 Å². The van der Waals surface area contributed by atoms with Crippen LogP contribution in [-0.2, 0) is 6.54 Å². The Morgan fingerprint density at radius 2 is 1.82 bits per heavy atom. The standard InChI is InChI=1S/C25H25N5O3S/c1-3-33-20-11-9-19(10-12-20)28-25(32)26-15-16-30-22(31)14-13-21(29-30)23-17(2)27-24(34-23)18-7-5-4-6-8-18/h4-14H,3,15-16H2,1-2H3,(H2,26,28,32). The van der Waals surface area contributed by atoms with E-state index in [1.165, 1.54) is 22.1 Å². The number of hydrogen-bond donors (Lipinski definition) is 2. The minimum Gasteiger partial charge on any atom is -0.494 e. The lowest BCUT2D eigenvalue weighted by molar-refractivity contribution is 0.251. The molecular weight excluding hydrogens is 450 g/mol. The molecule has 2 aromatic heterocycles. The Morgan fingerprint density at radius 3 is 2.56 bits per heavy atom. The Hall–Kier alpha value is -3.98. The summed E-state index contributed by atoms with van der Waals surface area (Å²) in [5.41, 5.74) is 2.99. The van der Waals surface area contributed by atoms with Crippen molar-refractivity contribution < 1.29 is 9.53 Å². The van der Waals surface area contributed by atoms with Gasteiger partial charge >= 0.3 is 6.03 Å². The van der Waals surface area contributed by atoms with E-state index in [2.05, 4.69) is 20.7 Å². The highest BCUT2D eigenvalue weighted by Gasteiger charge is 2.14. The van der Waals surface area contributed by atoms with Gasteiger partial charge in [-0.3, -0.25) is 4.79 Å². The molecular formula is C25H25N5O3S. The number of ether oxygens (including phenoxy) is 1. The quantitative estimate of drug-likeness (QED) is 0.389. The molecule has 0 bridgehead atoms. The van der Waals surface area contributed by atoms with Crippen molar-refractivity contribution in [3.8, 4) is 26.9 Å².